The summed E-state index contributed by atoms with van der Waals surface area (Å²) in [4.78, 5) is 16.9. The van der Waals surface area contributed by atoms with Crippen molar-refractivity contribution in [1.29, 1.82) is 0 Å². The number of aromatic nitrogens is 2. The molecular weight excluding hydrogens is 376 g/mol. The van der Waals surface area contributed by atoms with E-state index in [0.717, 1.165) is 44.3 Å². The Kier molecular flexibility index (Phi) is 5.69. The molecular formula is C21H27ClN4O2. The van der Waals surface area contributed by atoms with Gasteiger partial charge < -0.3 is 9.32 Å². The van der Waals surface area contributed by atoms with Crippen LogP contribution >= 0.6 is 11.6 Å². The minimum absolute atomic E-state index is 0.0205. The summed E-state index contributed by atoms with van der Waals surface area (Å²) in [6, 6.07) is 8.12. The number of benzene rings is 1. The molecule has 0 N–H and O–H groups in total. The molecule has 3 atom stereocenters. The number of halogens is 1. The molecule has 0 saturated carbocycles. The van der Waals surface area contributed by atoms with Crippen molar-refractivity contribution in [3.63, 3.8) is 0 Å². The molecule has 0 aliphatic carbocycles. The van der Waals surface area contributed by atoms with Gasteiger partial charge in [0, 0.05) is 35.6 Å². The summed E-state index contributed by atoms with van der Waals surface area (Å²) in [5.41, 5.74) is 0.826. The average Bonchev–Trinajstić information content (AvgIpc) is 3.46. The van der Waals surface area contributed by atoms with E-state index in [1.165, 1.54) is 0 Å². The van der Waals surface area contributed by atoms with Crippen molar-refractivity contribution in [2.45, 2.75) is 64.1 Å². The fraction of sp³-hybridized carbons (Fsp3) is 0.571. The molecule has 7 heteroatoms. The van der Waals surface area contributed by atoms with Crippen LogP contribution in [-0.4, -0.2) is 51.1 Å². The zero-order chi connectivity index (χ0) is 19.7. The van der Waals surface area contributed by atoms with Gasteiger partial charge in [-0.3, -0.25) is 9.69 Å². The van der Waals surface area contributed by atoms with Crippen molar-refractivity contribution < 1.29 is 9.21 Å². The summed E-state index contributed by atoms with van der Waals surface area (Å²) in [6.45, 7) is 5.94. The smallest absolute Gasteiger partial charge is 0.247 e. The maximum atomic E-state index is 12.4. The van der Waals surface area contributed by atoms with Crippen molar-refractivity contribution in [3.05, 3.63) is 35.2 Å². The Labute approximate surface area is 170 Å². The molecule has 2 aliphatic heterocycles. The lowest BCUT2D eigenvalue weighted by Crippen LogP contribution is -2.48. The first kappa shape index (κ1) is 19.4. The van der Waals surface area contributed by atoms with Crippen LogP contribution in [0.4, 0.5) is 0 Å². The van der Waals surface area contributed by atoms with Crippen molar-refractivity contribution in [3.8, 4) is 11.5 Å². The predicted molar refractivity (Wildman–Crippen MR) is 108 cm³/mol. The molecule has 4 rings (SSSR count). The van der Waals surface area contributed by atoms with E-state index in [2.05, 4.69) is 26.9 Å². The zero-order valence-corrected chi connectivity index (χ0v) is 17.2. The first-order chi connectivity index (χ1) is 13.6. The highest BCUT2D eigenvalue weighted by Gasteiger charge is 2.41. The van der Waals surface area contributed by atoms with Gasteiger partial charge in [0.15, 0.2) is 0 Å². The van der Waals surface area contributed by atoms with Crippen LogP contribution in [0.25, 0.3) is 11.5 Å². The molecule has 0 bridgehead atoms. The third-order valence-corrected chi connectivity index (χ3v) is 6.31. The third-order valence-electron chi connectivity index (χ3n) is 6.08. The van der Waals surface area contributed by atoms with Crippen LogP contribution < -0.4 is 0 Å². The van der Waals surface area contributed by atoms with Gasteiger partial charge in [-0.05, 0) is 57.4 Å². The highest BCUT2D eigenvalue weighted by molar-refractivity contribution is 6.30. The molecule has 2 aromatic rings. The lowest BCUT2D eigenvalue weighted by Gasteiger charge is -2.37. The number of rotatable bonds is 5. The van der Waals surface area contributed by atoms with E-state index in [-0.39, 0.29) is 11.9 Å². The van der Waals surface area contributed by atoms with E-state index in [1.54, 1.807) is 0 Å². The third kappa shape index (κ3) is 3.67. The van der Waals surface area contributed by atoms with Crippen molar-refractivity contribution in [2.24, 2.45) is 0 Å². The Morgan fingerprint density at radius 3 is 2.82 bits per heavy atom. The second-order valence-electron chi connectivity index (χ2n) is 7.73. The van der Waals surface area contributed by atoms with Gasteiger partial charge in [-0.25, -0.2) is 0 Å². The Morgan fingerprint density at radius 2 is 2.04 bits per heavy atom. The molecule has 2 saturated heterocycles. The van der Waals surface area contributed by atoms with E-state index < -0.39 is 0 Å². The van der Waals surface area contributed by atoms with E-state index in [0.29, 0.717) is 35.3 Å². The topological polar surface area (TPSA) is 62.5 Å². The van der Waals surface area contributed by atoms with Gasteiger partial charge in [0.25, 0.3) is 0 Å². The monoisotopic (exact) mass is 402 g/mol. The average molecular weight is 403 g/mol. The minimum atomic E-state index is 0.0205. The fourth-order valence-electron chi connectivity index (χ4n) is 4.70. The molecule has 1 aromatic heterocycles. The molecule has 0 unspecified atom stereocenters. The number of amides is 1. The molecule has 0 spiro atoms. The largest absolute Gasteiger partial charge is 0.419 e. The van der Waals surface area contributed by atoms with Gasteiger partial charge in [-0.2, -0.15) is 0 Å². The number of carbonyl (C=O) groups is 1. The number of hydrogen-bond acceptors (Lipinski definition) is 5. The lowest BCUT2D eigenvalue weighted by atomic mass is 10.0. The number of likely N-dealkylation sites (tertiary alicyclic amines) is 2. The maximum Gasteiger partial charge on any atom is 0.247 e. The zero-order valence-electron chi connectivity index (χ0n) is 16.5. The molecule has 0 radical (unpaired) electrons. The summed E-state index contributed by atoms with van der Waals surface area (Å²) >= 11 is 6.08. The molecule has 2 aliphatic rings. The van der Waals surface area contributed by atoms with Crippen LogP contribution in [0.5, 0.6) is 0 Å². The van der Waals surface area contributed by atoms with Gasteiger partial charge >= 0.3 is 0 Å². The molecule has 150 valence electrons. The highest BCUT2D eigenvalue weighted by Crippen LogP contribution is 2.36. The van der Waals surface area contributed by atoms with E-state index >= 15 is 0 Å². The second kappa shape index (κ2) is 8.21. The molecule has 2 fully saturated rings. The summed E-state index contributed by atoms with van der Waals surface area (Å²) in [7, 11) is 0. The van der Waals surface area contributed by atoms with Gasteiger partial charge in [0.1, 0.15) is 0 Å². The van der Waals surface area contributed by atoms with Gasteiger partial charge in [0.05, 0.1) is 6.04 Å². The van der Waals surface area contributed by atoms with Gasteiger partial charge in [-0.1, -0.05) is 24.6 Å². The minimum Gasteiger partial charge on any atom is -0.419 e. The summed E-state index contributed by atoms with van der Waals surface area (Å²) in [6.07, 6.45) is 4.99. The summed E-state index contributed by atoms with van der Waals surface area (Å²) in [5, 5.41) is 9.19. The summed E-state index contributed by atoms with van der Waals surface area (Å²) < 4.78 is 6.00. The Bertz CT molecular complexity index is 839. The Balaban J connectivity index is 1.53. The number of nitrogens with zero attached hydrogens (tertiary/aromatic N) is 4. The van der Waals surface area contributed by atoms with E-state index in [9.17, 15) is 4.79 Å². The normalized spacial score (nSPS) is 24.0. The Morgan fingerprint density at radius 1 is 1.25 bits per heavy atom. The predicted octanol–water partition coefficient (Wildman–Crippen LogP) is 4.32. The van der Waals surface area contributed by atoms with Gasteiger partial charge in [0.2, 0.25) is 17.7 Å². The van der Waals surface area contributed by atoms with Crippen molar-refractivity contribution >= 4 is 17.5 Å². The van der Waals surface area contributed by atoms with Crippen molar-refractivity contribution in [1.82, 2.24) is 20.0 Å². The quantitative estimate of drug-likeness (QED) is 0.745. The maximum absolute atomic E-state index is 12.4. The van der Waals surface area contributed by atoms with Crippen LogP contribution in [0.1, 0.15) is 57.9 Å². The van der Waals surface area contributed by atoms with E-state index in [1.807, 2.05) is 31.2 Å². The summed E-state index contributed by atoms with van der Waals surface area (Å²) in [5.74, 6) is 1.38. The van der Waals surface area contributed by atoms with E-state index in [4.69, 9.17) is 16.0 Å². The number of hydrogen-bond donors (Lipinski definition) is 0. The highest BCUT2D eigenvalue weighted by atomic mass is 35.5. The molecule has 1 aromatic carbocycles. The first-order valence-electron chi connectivity index (χ1n) is 10.2. The molecule has 6 nitrogen and oxygen atoms in total. The van der Waals surface area contributed by atoms with Crippen LogP contribution in [0, 0.1) is 0 Å². The van der Waals surface area contributed by atoms with Crippen LogP contribution in [0.15, 0.2) is 28.7 Å². The number of carbonyl (C=O) groups excluding carboxylic acids is 1. The lowest BCUT2D eigenvalue weighted by molar-refractivity contribution is -0.132. The Hall–Kier alpha value is -1.92. The fourth-order valence-corrected chi connectivity index (χ4v) is 4.89. The molecule has 1 amide bonds. The second-order valence-corrected chi connectivity index (χ2v) is 8.17. The standard InChI is InChI=1S/C21H27ClN4O2/c1-3-19(27)26-12-6-10-18(26)17-9-5-11-25(17)14(2)20-23-24-21(28-20)15-7-4-8-16(22)13-15/h4,7-8,13-14,17-18H,3,5-6,9-12H2,1-2H3/t14-,17+,18+/m0/s1. The SMILES string of the molecule is CCC(=O)N1CCC[C@@H]1[C@H]1CCCN1[C@@H](C)c1nnc(-c2cccc(Cl)c2)o1. The van der Waals surface area contributed by atoms with Gasteiger partial charge in [-0.15, -0.1) is 10.2 Å². The van der Waals surface area contributed by atoms with Crippen LogP contribution in [-0.2, 0) is 4.79 Å². The van der Waals surface area contributed by atoms with Crippen molar-refractivity contribution in [2.75, 3.05) is 13.1 Å². The van der Waals surface area contributed by atoms with Crippen LogP contribution in [0.3, 0.4) is 0 Å². The molecule has 28 heavy (non-hydrogen) atoms. The molecule has 3 heterocycles. The first-order valence-corrected chi connectivity index (χ1v) is 10.6. The van der Waals surface area contributed by atoms with Crippen LogP contribution in [0.2, 0.25) is 5.02 Å².